The normalized spacial score (nSPS) is 11.3. The van der Waals surface area contributed by atoms with E-state index in [9.17, 15) is 17.6 Å². The smallest absolute Gasteiger partial charge is 0.261 e. The summed E-state index contributed by atoms with van der Waals surface area (Å²) in [7, 11) is -2.49. The number of ether oxygens (including phenoxy) is 1. The van der Waals surface area contributed by atoms with Gasteiger partial charge in [-0.2, -0.15) is 0 Å². The fourth-order valence-corrected chi connectivity index (χ4v) is 4.81. The maximum Gasteiger partial charge on any atom is 0.261 e. The Morgan fingerprint density at radius 3 is 2.45 bits per heavy atom. The van der Waals surface area contributed by atoms with Gasteiger partial charge in [0.1, 0.15) is 17.1 Å². The van der Waals surface area contributed by atoms with E-state index in [1.165, 1.54) is 36.6 Å². The summed E-state index contributed by atoms with van der Waals surface area (Å²) >= 11 is 1.18. The Bertz CT molecular complexity index is 1350. The maximum atomic E-state index is 13.1. The second kappa shape index (κ2) is 8.32. The third-order valence-corrected chi connectivity index (χ3v) is 6.63. The predicted octanol–water partition coefficient (Wildman–Crippen LogP) is 4.50. The molecule has 4 rings (SSSR count). The van der Waals surface area contributed by atoms with E-state index in [2.05, 4.69) is 15.0 Å². The first-order valence-corrected chi connectivity index (χ1v) is 11.3. The highest BCUT2D eigenvalue weighted by atomic mass is 32.2. The van der Waals surface area contributed by atoms with Crippen molar-refractivity contribution >= 4 is 48.3 Å². The molecule has 0 bridgehead atoms. The van der Waals surface area contributed by atoms with E-state index < -0.39 is 15.8 Å². The number of benzene rings is 3. The molecule has 0 atom stereocenters. The number of methoxy groups -OCH3 is 1. The lowest BCUT2D eigenvalue weighted by Crippen LogP contribution is -2.13. The Hall–Kier alpha value is -3.50. The van der Waals surface area contributed by atoms with Gasteiger partial charge in [-0.25, -0.2) is 17.8 Å². The summed E-state index contributed by atoms with van der Waals surface area (Å²) in [5.41, 5.74) is 1.22. The van der Waals surface area contributed by atoms with Crippen LogP contribution in [0.5, 0.6) is 5.75 Å². The first-order chi connectivity index (χ1) is 14.9. The third kappa shape index (κ3) is 4.49. The highest BCUT2D eigenvalue weighted by molar-refractivity contribution is 7.92. The van der Waals surface area contributed by atoms with Gasteiger partial charge in [-0.3, -0.25) is 14.8 Å². The van der Waals surface area contributed by atoms with Crippen LogP contribution in [0, 0.1) is 5.82 Å². The van der Waals surface area contributed by atoms with E-state index in [4.69, 9.17) is 4.74 Å². The molecule has 31 heavy (non-hydrogen) atoms. The van der Waals surface area contributed by atoms with Gasteiger partial charge in [0.25, 0.3) is 15.9 Å². The zero-order valence-electron chi connectivity index (χ0n) is 16.1. The van der Waals surface area contributed by atoms with Crippen LogP contribution in [0.1, 0.15) is 10.4 Å². The van der Waals surface area contributed by atoms with Crippen molar-refractivity contribution in [2.75, 3.05) is 17.1 Å². The zero-order chi connectivity index (χ0) is 22.0. The van der Waals surface area contributed by atoms with Gasteiger partial charge in [-0.05, 0) is 42.5 Å². The van der Waals surface area contributed by atoms with Crippen LogP contribution in [-0.2, 0) is 10.0 Å². The lowest BCUT2D eigenvalue weighted by atomic mass is 10.2. The number of nitrogens with zero attached hydrogens (tertiary/aromatic N) is 1. The van der Waals surface area contributed by atoms with E-state index >= 15 is 0 Å². The minimum absolute atomic E-state index is 0.0759. The molecule has 1 heterocycles. The van der Waals surface area contributed by atoms with E-state index in [1.807, 2.05) is 6.07 Å². The number of amides is 1. The van der Waals surface area contributed by atoms with Crippen LogP contribution in [-0.4, -0.2) is 26.4 Å². The van der Waals surface area contributed by atoms with Gasteiger partial charge < -0.3 is 4.74 Å². The summed E-state index contributed by atoms with van der Waals surface area (Å²) < 4.78 is 46.8. The molecule has 0 saturated heterocycles. The number of hydrogen-bond donors (Lipinski definition) is 2. The Morgan fingerprint density at radius 1 is 1.06 bits per heavy atom. The monoisotopic (exact) mass is 457 g/mol. The van der Waals surface area contributed by atoms with Gasteiger partial charge in [0, 0.05) is 11.6 Å². The van der Waals surface area contributed by atoms with Crippen molar-refractivity contribution in [1.29, 1.82) is 0 Å². The highest BCUT2D eigenvalue weighted by Crippen LogP contribution is 2.36. The molecule has 0 unspecified atom stereocenters. The maximum absolute atomic E-state index is 13.1. The number of hydrogen-bond acceptors (Lipinski definition) is 6. The number of anilines is 2. The number of rotatable bonds is 6. The highest BCUT2D eigenvalue weighted by Gasteiger charge is 2.18. The zero-order valence-corrected chi connectivity index (χ0v) is 17.8. The minimum Gasteiger partial charge on any atom is -0.494 e. The molecule has 0 saturated carbocycles. The number of carbonyl (C=O) groups excluding carboxylic acids is 1. The van der Waals surface area contributed by atoms with Gasteiger partial charge in [-0.15, -0.1) is 0 Å². The second-order valence-electron chi connectivity index (χ2n) is 6.42. The van der Waals surface area contributed by atoms with Crippen LogP contribution in [0.4, 0.5) is 15.2 Å². The fraction of sp³-hybridized carbons (Fsp3) is 0.0476. The average molecular weight is 458 g/mol. The summed E-state index contributed by atoms with van der Waals surface area (Å²) in [6.07, 6.45) is 0. The first kappa shape index (κ1) is 20.8. The van der Waals surface area contributed by atoms with E-state index in [0.717, 1.165) is 12.1 Å². The van der Waals surface area contributed by atoms with Crippen molar-refractivity contribution in [2.45, 2.75) is 4.90 Å². The van der Waals surface area contributed by atoms with Crippen LogP contribution < -0.4 is 14.8 Å². The molecule has 0 spiro atoms. The number of nitrogens with one attached hydrogen (secondary N) is 2. The number of halogens is 1. The summed E-state index contributed by atoms with van der Waals surface area (Å²) in [6, 6.07) is 16.3. The molecule has 7 nitrogen and oxygen atoms in total. The molecule has 4 aromatic rings. The Labute approximate surface area is 181 Å². The second-order valence-corrected chi connectivity index (χ2v) is 9.14. The van der Waals surface area contributed by atoms with Crippen molar-refractivity contribution in [2.24, 2.45) is 0 Å². The lowest BCUT2D eigenvalue weighted by Gasteiger charge is -2.10. The molecule has 2 N–H and O–H groups in total. The van der Waals surface area contributed by atoms with Crippen molar-refractivity contribution in [3.63, 3.8) is 0 Å². The lowest BCUT2D eigenvalue weighted by molar-refractivity contribution is 0.102. The summed E-state index contributed by atoms with van der Waals surface area (Å²) in [5.74, 6) is -0.501. The summed E-state index contributed by atoms with van der Waals surface area (Å²) in [6.45, 7) is 0. The minimum atomic E-state index is -3.93. The molecule has 1 amide bonds. The molecule has 0 fully saturated rings. The quantitative estimate of drug-likeness (QED) is 0.444. The number of fused-ring (bicyclic) bond motifs is 1. The molecule has 10 heteroatoms. The number of aromatic nitrogens is 1. The Morgan fingerprint density at radius 2 is 1.77 bits per heavy atom. The fourth-order valence-electron chi connectivity index (χ4n) is 2.85. The molecule has 158 valence electrons. The SMILES string of the molecule is COc1cc(NS(=O)(=O)c2ccc(F)cc2)cc2sc(NC(=O)c3ccccc3)nc12. The van der Waals surface area contributed by atoms with E-state index in [1.54, 1.807) is 30.3 Å². The van der Waals surface area contributed by atoms with Crippen LogP contribution in [0.25, 0.3) is 10.2 Å². The van der Waals surface area contributed by atoms with Crippen LogP contribution >= 0.6 is 11.3 Å². The Kier molecular flexibility index (Phi) is 5.57. The molecule has 1 aromatic heterocycles. The number of sulfonamides is 1. The Balaban J connectivity index is 1.64. The number of carbonyl (C=O) groups is 1. The summed E-state index contributed by atoms with van der Waals surface area (Å²) in [4.78, 5) is 16.7. The summed E-state index contributed by atoms with van der Waals surface area (Å²) in [5, 5.41) is 3.08. The van der Waals surface area contributed by atoms with Crippen LogP contribution in [0.15, 0.2) is 71.6 Å². The van der Waals surface area contributed by atoms with E-state index in [-0.39, 0.29) is 16.5 Å². The standard InChI is InChI=1S/C21H16FN3O4S2/c1-29-17-11-15(25-31(27,28)16-9-7-14(22)8-10-16)12-18-19(17)23-21(30-18)24-20(26)13-5-3-2-4-6-13/h2-12,25H,1H3,(H,23,24,26). The van der Waals surface area contributed by atoms with Crippen molar-refractivity contribution in [3.8, 4) is 5.75 Å². The average Bonchev–Trinajstić information content (AvgIpc) is 3.16. The third-order valence-electron chi connectivity index (χ3n) is 4.31. The van der Waals surface area contributed by atoms with Crippen molar-refractivity contribution in [3.05, 3.63) is 78.1 Å². The van der Waals surface area contributed by atoms with E-state index in [0.29, 0.717) is 26.7 Å². The van der Waals surface area contributed by atoms with Gasteiger partial charge in [0.15, 0.2) is 5.13 Å². The molecule has 3 aromatic carbocycles. The predicted molar refractivity (Wildman–Crippen MR) is 118 cm³/mol. The van der Waals surface area contributed by atoms with Crippen molar-refractivity contribution < 1.29 is 22.3 Å². The van der Waals surface area contributed by atoms with Crippen LogP contribution in [0.3, 0.4) is 0 Å². The largest absolute Gasteiger partial charge is 0.494 e. The molecular formula is C21H16FN3O4S2. The molecule has 0 aliphatic carbocycles. The molecule has 0 radical (unpaired) electrons. The van der Waals surface area contributed by atoms with Gasteiger partial charge >= 0.3 is 0 Å². The molecule has 0 aliphatic heterocycles. The van der Waals surface area contributed by atoms with Gasteiger partial charge in [-0.1, -0.05) is 29.5 Å². The van der Waals surface area contributed by atoms with Crippen LogP contribution in [0.2, 0.25) is 0 Å². The number of thiazole rings is 1. The van der Waals surface area contributed by atoms with Gasteiger partial charge in [0.05, 0.1) is 22.4 Å². The van der Waals surface area contributed by atoms with Crippen molar-refractivity contribution in [1.82, 2.24) is 4.98 Å². The topological polar surface area (TPSA) is 97.4 Å². The van der Waals surface area contributed by atoms with Gasteiger partial charge in [0.2, 0.25) is 0 Å². The molecule has 0 aliphatic rings. The molecular weight excluding hydrogens is 441 g/mol. The first-order valence-electron chi connectivity index (χ1n) is 8.99.